The van der Waals surface area contributed by atoms with Crippen LogP contribution in [0.4, 0.5) is 17.1 Å². The van der Waals surface area contributed by atoms with E-state index in [2.05, 4.69) is 10.1 Å². The van der Waals surface area contributed by atoms with Crippen molar-refractivity contribution in [2.75, 3.05) is 6.79 Å². The molecule has 13 heteroatoms. The van der Waals surface area contributed by atoms with Gasteiger partial charge in [0.2, 0.25) is 11.6 Å². The average Bonchev–Trinajstić information content (AvgIpc) is 3.64. The molecular formula is C25H15N5O7S. The zero-order valence-corrected chi connectivity index (χ0v) is 20.0. The molecule has 3 aromatic carbocycles. The first-order chi connectivity index (χ1) is 18.5. The predicted molar refractivity (Wildman–Crippen MR) is 138 cm³/mol. The van der Waals surface area contributed by atoms with Crippen LogP contribution >= 0.6 is 11.3 Å². The molecule has 1 aliphatic heterocycles. The fraction of sp³-hybridized carbons (Fsp3) is 0.0400. The van der Waals surface area contributed by atoms with Gasteiger partial charge in [-0.2, -0.15) is 5.10 Å². The quantitative estimate of drug-likeness (QED) is 0.157. The van der Waals surface area contributed by atoms with Crippen molar-refractivity contribution < 1.29 is 23.7 Å². The summed E-state index contributed by atoms with van der Waals surface area (Å²) in [4.78, 5) is 27.0. The zero-order chi connectivity index (χ0) is 26.2. The van der Waals surface area contributed by atoms with Gasteiger partial charge >= 0.3 is 0 Å². The lowest BCUT2D eigenvalue weighted by Gasteiger charge is -2.03. The standard InChI is InChI=1S/C25H15N5O7S/c31-29(32)18-7-3-2-6-17(18)27-25-28(20(13-38-25)22-9-15-5-1-4-8-21(15)37-22)26-12-16-10-23-24(36-14-35-23)11-19(16)30(33)34/h1-13H,14H2. The number of ether oxygens (including phenoxy) is 2. The van der Waals surface area contributed by atoms with Gasteiger partial charge < -0.3 is 13.9 Å². The third kappa shape index (κ3) is 4.16. The topological polar surface area (TPSA) is 148 Å². The van der Waals surface area contributed by atoms with Gasteiger partial charge in [-0.15, -0.1) is 11.3 Å². The minimum atomic E-state index is -0.541. The molecule has 0 saturated carbocycles. The highest BCUT2D eigenvalue weighted by Gasteiger charge is 2.23. The Labute approximate surface area is 216 Å². The number of hydrogen-bond acceptors (Lipinski definition) is 10. The monoisotopic (exact) mass is 529 g/mol. The van der Waals surface area contributed by atoms with E-state index in [9.17, 15) is 20.2 Å². The van der Waals surface area contributed by atoms with E-state index in [1.54, 1.807) is 17.5 Å². The third-order valence-electron chi connectivity index (χ3n) is 5.69. The van der Waals surface area contributed by atoms with Crippen molar-refractivity contribution in [3.63, 3.8) is 0 Å². The number of fused-ring (bicyclic) bond motifs is 2. The molecule has 0 aliphatic carbocycles. The first kappa shape index (κ1) is 23.1. The summed E-state index contributed by atoms with van der Waals surface area (Å²) in [6, 6.07) is 18.1. The van der Waals surface area contributed by atoms with Gasteiger partial charge in [0.25, 0.3) is 11.4 Å². The first-order valence-electron chi connectivity index (χ1n) is 11.1. The highest BCUT2D eigenvalue weighted by Crippen LogP contribution is 2.37. The lowest BCUT2D eigenvalue weighted by atomic mass is 10.1. The van der Waals surface area contributed by atoms with Gasteiger partial charge in [0.1, 0.15) is 17.0 Å². The summed E-state index contributed by atoms with van der Waals surface area (Å²) in [6.45, 7) is -0.0402. The van der Waals surface area contributed by atoms with E-state index in [0.29, 0.717) is 22.8 Å². The highest BCUT2D eigenvalue weighted by molar-refractivity contribution is 7.07. The summed E-state index contributed by atoms with van der Waals surface area (Å²) >= 11 is 1.18. The van der Waals surface area contributed by atoms with Crippen molar-refractivity contribution in [2.24, 2.45) is 10.1 Å². The molecule has 2 aromatic heterocycles. The Morgan fingerprint density at radius 3 is 2.45 bits per heavy atom. The van der Waals surface area contributed by atoms with Crippen LogP contribution in [0.25, 0.3) is 22.4 Å². The van der Waals surface area contributed by atoms with Crippen LogP contribution in [0.2, 0.25) is 0 Å². The number of thiazole rings is 1. The van der Waals surface area contributed by atoms with Crippen molar-refractivity contribution in [2.45, 2.75) is 0 Å². The van der Waals surface area contributed by atoms with Crippen LogP contribution in [0.5, 0.6) is 11.5 Å². The van der Waals surface area contributed by atoms with Gasteiger partial charge in [-0.3, -0.25) is 20.2 Å². The van der Waals surface area contributed by atoms with E-state index < -0.39 is 9.85 Å². The number of rotatable bonds is 6. The van der Waals surface area contributed by atoms with Crippen LogP contribution in [0.3, 0.4) is 0 Å². The Morgan fingerprint density at radius 2 is 1.66 bits per heavy atom. The fourth-order valence-electron chi connectivity index (χ4n) is 3.91. The molecule has 38 heavy (non-hydrogen) atoms. The van der Waals surface area contributed by atoms with Gasteiger partial charge in [0, 0.05) is 16.8 Å². The van der Waals surface area contributed by atoms with Crippen LogP contribution in [-0.4, -0.2) is 27.5 Å². The Hall–Kier alpha value is -5.30. The Kier molecular flexibility index (Phi) is 5.65. The molecular weight excluding hydrogens is 514 g/mol. The second-order valence-electron chi connectivity index (χ2n) is 7.99. The van der Waals surface area contributed by atoms with Crippen molar-refractivity contribution in [3.05, 3.63) is 103 Å². The molecule has 188 valence electrons. The molecule has 0 unspecified atom stereocenters. The molecule has 0 bridgehead atoms. The number of benzene rings is 3. The van der Waals surface area contributed by atoms with Crippen LogP contribution in [-0.2, 0) is 0 Å². The predicted octanol–water partition coefficient (Wildman–Crippen LogP) is 5.62. The molecule has 1 aliphatic rings. The summed E-state index contributed by atoms with van der Waals surface area (Å²) < 4.78 is 18.1. The molecule has 0 saturated heterocycles. The molecule has 0 amide bonds. The highest BCUT2D eigenvalue weighted by atomic mass is 32.1. The molecule has 0 atom stereocenters. The Morgan fingerprint density at radius 1 is 0.921 bits per heavy atom. The maximum Gasteiger partial charge on any atom is 0.294 e. The van der Waals surface area contributed by atoms with Gasteiger partial charge in [0.05, 0.1) is 27.7 Å². The number of nitrogens with zero attached hydrogens (tertiary/aromatic N) is 5. The lowest BCUT2D eigenvalue weighted by Crippen LogP contribution is -2.12. The maximum atomic E-state index is 11.7. The molecule has 0 radical (unpaired) electrons. The number of furan rings is 1. The molecule has 0 spiro atoms. The number of aromatic nitrogens is 1. The largest absolute Gasteiger partial charge is 0.454 e. The van der Waals surface area contributed by atoms with Crippen LogP contribution in [0.1, 0.15) is 5.56 Å². The molecule has 3 heterocycles. The molecule has 5 aromatic rings. The van der Waals surface area contributed by atoms with E-state index in [1.807, 2.05) is 30.3 Å². The van der Waals surface area contributed by atoms with Crippen LogP contribution in [0, 0.1) is 20.2 Å². The van der Waals surface area contributed by atoms with Crippen LogP contribution < -0.4 is 14.3 Å². The van der Waals surface area contributed by atoms with Gasteiger partial charge in [-0.05, 0) is 24.3 Å². The SMILES string of the molecule is O=[N+]([O-])c1cc2c(cc1C=Nn1c(-c3cc4ccccc4o3)csc1=Nc1ccccc1[N+](=O)[O-])OCO2. The van der Waals surface area contributed by atoms with E-state index in [1.165, 1.54) is 46.5 Å². The fourth-order valence-corrected chi connectivity index (χ4v) is 4.74. The van der Waals surface area contributed by atoms with E-state index in [0.717, 1.165) is 5.39 Å². The minimum Gasteiger partial charge on any atom is -0.454 e. The smallest absolute Gasteiger partial charge is 0.294 e. The second-order valence-corrected chi connectivity index (χ2v) is 8.82. The molecule has 0 fully saturated rings. The summed E-state index contributed by atoms with van der Waals surface area (Å²) in [5.74, 6) is 1.10. The summed E-state index contributed by atoms with van der Waals surface area (Å²) in [7, 11) is 0. The Balaban J connectivity index is 1.54. The maximum absolute atomic E-state index is 11.7. The van der Waals surface area contributed by atoms with Crippen molar-refractivity contribution in [1.82, 2.24) is 4.68 Å². The summed E-state index contributed by atoms with van der Waals surface area (Å²) in [5, 5.41) is 30.4. The minimum absolute atomic E-state index is 0.0402. The van der Waals surface area contributed by atoms with Gasteiger partial charge in [-0.25, -0.2) is 9.67 Å². The molecule has 12 nitrogen and oxygen atoms in total. The van der Waals surface area contributed by atoms with E-state index in [-0.39, 0.29) is 40.0 Å². The average molecular weight is 529 g/mol. The number of nitro benzene ring substituents is 2. The summed E-state index contributed by atoms with van der Waals surface area (Å²) in [6.07, 6.45) is 1.30. The van der Waals surface area contributed by atoms with Crippen molar-refractivity contribution in [3.8, 4) is 23.0 Å². The van der Waals surface area contributed by atoms with Gasteiger partial charge in [-0.1, -0.05) is 30.3 Å². The molecule has 6 rings (SSSR count). The number of nitro groups is 2. The third-order valence-corrected chi connectivity index (χ3v) is 6.50. The lowest BCUT2D eigenvalue weighted by molar-refractivity contribution is -0.385. The molecule has 0 N–H and O–H groups in total. The van der Waals surface area contributed by atoms with Crippen LogP contribution in [0.15, 0.2) is 86.6 Å². The first-order valence-corrected chi connectivity index (χ1v) is 12.0. The van der Waals surface area contributed by atoms with Gasteiger partial charge in [0.15, 0.2) is 17.3 Å². The van der Waals surface area contributed by atoms with Crippen molar-refractivity contribution in [1.29, 1.82) is 0 Å². The van der Waals surface area contributed by atoms with Crippen molar-refractivity contribution >= 4 is 45.6 Å². The van der Waals surface area contributed by atoms with E-state index >= 15 is 0 Å². The van der Waals surface area contributed by atoms with E-state index in [4.69, 9.17) is 13.9 Å². The number of hydrogen-bond donors (Lipinski definition) is 0. The zero-order valence-electron chi connectivity index (χ0n) is 19.2. The second kappa shape index (κ2) is 9.29. The summed E-state index contributed by atoms with van der Waals surface area (Å²) in [5.41, 5.74) is 1.07. The number of para-hydroxylation sites is 3. The Bertz CT molecular complexity index is 1800. The normalized spacial score (nSPS) is 13.0.